The molecule has 3 aromatic rings. The Bertz CT molecular complexity index is 929. The first kappa shape index (κ1) is 17.1. The first-order valence-corrected chi connectivity index (χ1v) is 8.42. The van der Waals surface area contributed by atoms with Crippen molar-refractivity contribution in [1.29, 1.82) is 0 Å². The summed E-state index contributed by atoms with van der Waals surface area (Å²) in [7, 11) is 0. The molecular formula is C19H19N3O2S. The Labute approximate surface area is 151 Å². The summed E-state index contributed by atoms with van der Waals surface area (Å²) < 4.78 is 5.85. The Balaban J connectivity index is 1.81. The second-order valence-electron chi connectivity index (χ2n) is 6.11. The van der Waals surface area contributed by atoms with Gasteiger partial charge < -0.3 is 15.1 Å². The van der Waals surface area contributed by atoms with Crippen molar-refractivity contribution in [3.05, 3.63) is 48.0 Å². The summed E-state index contributed by atoms with van der Waals surface area (Å²) in [4.78, 5) is 15.6. The molecule has 0 atom stereocenters. The van der Waals surface area contributed by atoms with Gasteiger partial charge in [0.15, 0.2) is 10.7 Å². The van der Waals surface area contributed by atoms with Crippen LogP contribution in [0.4, 0.5) is 5.69 Å². The highest BCUT2D eigenvalue weighted by Gasteiger charge is 2.10. The third-order valence-electron chi connectivity index (χ3n) is 3.76. The molecule has 0 spiro atoms. The average Bonchev–Trinajstić information content (AvgIpc) is 2.97. The van der Waals surface area contributed by atoms with Gasteiger partial charge in [0.1, 0.15) is 5.52 Å². The smallest absolute Gasteiger partial charge is 0.227 e. The SMILES string of the molecule is CC(=O)NC(=S)Nc1ccc(-c2nc3cc(C(C)C)ccc3o2)cc1. The summed E-state index contributed by atoms with van der Waals surface area (Å²) in [5, 5.41) is 5.73. The summed E-state index contributed by atoms with van der Waals surface area (Å²) >= 11 is 5.04. The Kier molecular flexibility index (Phi) is 4.81. The monoisotopic (exact) mass is 353 g/mol. The van der Waals surface area contributed by atoms with Crippen LogP contribution in [0.2, 0.25) is 0 Å². The fourth-order valence-electron chi connectivity index (χ4n) is 2.45. The fourth-order valence-corrected chi connectivity index (χ4v) is 2.71. The first-order valence-electron chi connectivity index (χ1n) is 8.02. The number of nitrogens with one attached hydrogen (secondary N) is 2. The highest BCUT2D eigenvalue weighted by molar-refractivity contribution is 7.80. The third kappa shape index (κ3) is 4.03. The Morgan fingerprint density at radius 3 is 2.52 bits per heavy atom. The predicted octanol–water partition coefficient (Wildman–Crippen LogP) is 4.45. The normalized spacial score (nSPS) is 10.9. The van der Waals surface area contributed by atoms with Crippen LogP contribution in [-0.4, -0.2) is 16.0 Å². The number of hydrogen-bond donors (Lipinski definition) is 2. The fraction of sp³-hybridized carbons (Fsp3) is 0.211. The molecular weight excluding hydrogens is 334 g/mol. The number of carbonyl (C=O) groups is 1. The number of aromatic nitrogens is 1. The van der Waals surface area contributed by atoms with Crippen molar-refractivity contribution in [1.82, 2.24) is 10.3 Å². The van der Waals surface area contributed by atoms with Gasteiger partial charge in [-0.05, 0) is 60.1 Å². The number of nitrogens with zero attached hydrogens (tertiary/aromatic N) is 1. The zero-order valence-corrected chi connectivity index (χ0v) is 15.1. The molecule has 128 valence electrons. The maximum atomic E-state index is 11.0. The molecule has 0 saturated heterocycles. The van der Waals surface area contributed by atoms with Crippen LogP contribution in [0.1, 0.15) is 32.3 Å². The Morgan fingerprint density at radius 2 is 1.88 bits per heavy atom. The molecule has 0 radical (unpaired) electrons. The zero-order valence-electron chi connectivity index (χ0n) is 14.3. The summed E-state index contributed by atoms with van der Waals surface area (Å²) in [5.74, 6) is 0.815. The molecule has 0 aliphatic heterocycles. The van der Waals surface area contributed by atoms with E-state index in [0.717, 1.165) is 22.4 Å². The van der Waals surface area contributed by atoms with E-state index in [1.807, 2.05) is 30.3 Å². The van der Waals surface area contributed by atoms with E-state index in [9.17, 15) is 4.79 Å². The minimum atomic E-state index is -0.207. The maximum absolute atomic E-state index is 11.0. The van der Waals surface area contributed by atoms with Crippen molar-refractivity contribution in [3.8, 4) is 11.5 Å². The van der Waals surface area contributed by atoms with E-state index < -0.39 is 0 Å². The quantitative estimate of drug-likeness (QED) is 0.681. The van der Waals surface area contributed by atoms with E-state index in [4.69, 9.17) is 16.6 Å². The van der Waals surface area contributed by atoms with Crippen LogP contribution in [0, 0.1) is 0 Å². The van der Waals surface area contributed by atoms with Gasteiger partial charge in [0.25, 0.3) is 0 Å². The van der Waals surface area contributed by atoms with Crippen LogP contribution in [0.3, 0.4) is 0 Å². The number of carbonyl (C=O) groups excluding carboxylic acids is 1. The predicted molar refractivity (Wildman–Crippen MR) is 104 cm³/mol. The summed E-state index contributed by atoms with van der Waals surface area (Å²) in [6.07, 6.45) is 0. The lowest BCUT2D eigenvalue weighted by Crippen LogP contribution is -2.32. The molecule has 0 fully saturated rings. The van der Waals surface area contributed by atoms with E-state index in [1.165, 1.54) is 12.5 Å². The first-order chi connectivity index (χ1) is 11.9. The van der Waals surface area contributed by atoms with Crippen LogP contribution < -0.4 is 10.6 Å². The van der Waals surface area contributed by atoms with Gasteiger partial charge in [0.2, 0.25) is 11.8 Å². The van der Waals surface area contributed by atoms with Crippen LogP contribution in [0.25, 0.3) is 22.6 Å². The van der Waals surface area contributed by atoms with E-state index >= 15 is 0 Å². The molecule has 6 heteroatoms. The van der Waals surface area contributed by atoms with Gasteiger partial charge in [0, 0.05) is 18.2 Å². The Hall–Kier alpha value is -2.73. The molecule has 1 aromatic heterocycles. The summed E-state index contributed by atoms with van der Waals surface area (Å²) in [6, 6.07) is 13.6. The second-order valence-corrected chi connectivity index (χ2v) is 6.52. The van der Waals surface area contributed by atoms with Crippen molar-refractivity contribution in [3.63, 3.8) is 0 Å². The molecule has 1 heterocycles. The van der Waals surface area contributed by atoms with Crippen LogP contribution in [-0.2, 0) is 4.79 Å². The molecule has 2 aromatic carbocycles. The van der Waals surface area contributed by atoms with Crippen molar-refractivity contribution in [2.75, 3.05) is 5.32 Å². The molecule has 3 rings (SSSR count). The number of hydrogen-bond acceptors (Lipinski definition) is 4. The molecule has 0 bridgehead atoms. The number of fused-ring (bicyclic) bond motifs is 1. The van der Waals surface area contributed by atoms with E-state index in [0.29, 0.717) is 11.8 Å². The highest BCUT2D eigenvalue weighted by atomic mass is 32.1. The molecule has 5 nitrogen and oxygen atoms in total. The molecule has 0 saturated carbocycles. The number of rotatable bonds is 3. The van der Waals surface area contributed by atoms with Gasteiger partial charge in [-0.2, -0.15) is 0 Å². The Morgan fingerprint density at radius 1 is 1.16 bits per heavy atom. The summed E-state index contributed by atoms with van der Waals surface area (Å²) in [5.41, 5.74) is 4.51. The lowest BCUT2D eigenvalue weighted by molar-refractivity contribution is -0.117. The molecule has 25 heavy (non-hydrogen) atoms. The zero-order chi connectivity index (χ0) is 18.0. The minimum Gasteiger partial charge on any atom is -0.436 e. The lowest BCUT2D eigenvalue weighted by Gasteiger charge is -2.07. The van der Waals surface area contributed by atoms with Gasteiger partial charge in [-0.3, -0.25) is 4.79 Å². The van der Waals surface area contributed by atoms with E-state index in [2.05, 4.69) is 41.6 Å². The lowest BCUT2D eigenvalue weighted by atomic mass is 10.0. The van der Waals surface area contributed by atoms with E-state index in [-0.39, 0.29) is 11.0 Å². The van der Waals surface area contributed by atoms with Gasteiger partial charge in [-0.15, -0.1) is 0 Å². The summed E-state index contributed by atoms with van der Waals surface area (Å²) in [6.45, 7) is 5.72. The van der Waals surface area contributed by atoms with E-state index in [1.54, 1.807) is 0 Å². The molecule has 0 aliphatic rings. The molecule has 1 amide bonds. The number of thiocarbonyl (C=S) groups is 1. The van der Waals surface area contributed by atoms with Gasteiger partial charge in [-0.25, -0.2) is 4.98 Å². The maximum Gasteiger partial charge on any atom is 0.227 e. The number of benzene rings is 2. The van der Waals surface area contributed by atoms with Crippen molar-refractivity contribution in [2.24, 2.45) is 0 Å². The van der Waals surface area contributed by atoms with Gasteiger partial charge in [0.05, 0.1) is 0 Å². The average molecular weight is 353 g/mol. The number of anilines is 1. The minimum absolute atomic E-state index is 0.207. The van der Waals surface area contributed by atoms with Crippen LogP contribution >= 0.6 is 12.2 Å². The molecule has 2 N–H and O–H groups in total. The second kappa shape index (κ2) is 7.03. The standard InChI is InChI=1S/C19H19N3O2S/c1-11(2)14-6-9-17-16(10-14)22-18(24-17)13-4-7-15(8-5-13)21-19(25)20-12(3)23/h4-11H,1-3H3,(H2,20,21,23,25). The van der Waals surface area contributed by atoms with Gasteiger partial charge in [-0.1, -0.05) is 19.9 Å². The van der Waals surface area contributed by atoms with Gasteiger partial charge >= 0.3 is 0 Å². The van der Waals surface area contributed by atoms with Crippen molar-refractivity contribution in [2.45, 2.75) is 26.7 Å². The van der Waals surface area contributed by atoms with Crippen molar-refractivity contribution < 1.29 is 9.21 Å². The van der Waals surface area contributed by atoms with Crippen molar-refractivity contribution >= 4 is 40.0 Å². The molecule has 0 unspecified atom stereocenters. The topological polar surface area (TPSA) is 67.2 Å². The largest absolute Gasteiger partial charge is 0.436 e. The number of amides is 1. The highest BCUT2D eigenvalue weighted by Crippen LogP contribution is 2.27. The van der Waals surface area contributed by atoms with Crippen LogP contribution in [0.15, 0.2) is 46.9 Å². The molecule has 0 aliphatic carbocycles. The number of oxazole rings is 1. The third-order valence-corrected chi connectivity index (χ3v) is 3.96. The van der Waals surface area contributed by atoms with Crippen LogP contribution in [0.5, 0.6) is 0 Å².